The van der Waals surface area contributed by atoms with E-state index >= 15 is 0 Å². The van der Waals surface area contributed by atoms with Gasteiger partial charge in [0.1, 0.15) is 0 Å². The number of hydrogen-bond donors (Lipinski definition) is 1. The lowest BCUT2D eigenvalue weighted by Gasteiger charge is -2.09. The molecular formula is C12H18N2. The van der Waals surface area contributed by atoms with Gasteiger partial charge < -0.3 is 5.73 Å². The fourth-order valence-corrected chi connectivity index (χ4v) is 1.36. The summed E-state index contributed by atoms with van der Waals surface area (Å²) in [6, 6.07) is 1.95. The van der Waals surface area contributed by atoms with Crippen LogP contribution in [0.4, 0.5) is 5.69 Å². The van der Waals surface area contributed by atoms with Crippen molar-refractivity contribution in [1.82, 2.24) is 4.98 Å². The second-order valence-corrected chi connectivity index (χ2v) is 3.66. The molecule has 0 fully saturated rings. The predicted molar refractivity (Wildman–Crippen MR) is 62.1 cm³/mol. The first-order valence-electron chi connectivity index (χ1n) is 5.07. The maximum absolute atomic E-state index is 6.01. The molecule has 0 bridgehead atoms. The summed E-state index contributed by atoms with van der Waals surface area (Å²) < 4.78 is 0. The van der Waals surface area contributed by atoms with E-state index in [2.05, 4.69) is 37.9 Å². The topological polar surface area (TPSA) is 38.9 Å². The van der Waals surface area contributed by atoms with E-state index in [1.165, 1.54) is 0 Å². The highest BCUT2D eigenvalue weighted by atomic mass is 14.7. The molecule has 0 saturated carbocycles. The maximum atomic E-state index is 6.01. The van der Waals surface area contributed by atoms with E-state index in [9.17, 15) is 0 Å². The van der Waals surface area contributed by atoms with Crippen molar-refractivity contribution in [2.45, 2.75) is 33.1 Å². The second-order valence-electron chi connectivity index (χ2n) is 3.66. The van der Waals surface area contributed by atoms with Crippen molar-refractivity contribution in [3.05, 3.63) is 29.6 Å². The molecular weight excluding hydrogens is 172 g/mol. The largest absolute Gasteiger partial charge is 0.397 e. The summed E-state index contributed by atoms with van der Waals surface area (Å²) in [5.74, 6) is 0.380. The van der Waals surface area contributed by atoms with Crippen molar-refractivity contribution < 1.29 is 0 Å². The Bertz CT molecular complexity index is 327. The monoisotopic (exact) mass is 190 g/mol. The summed E-state index contributed by atoms with van der Waals surface area (Å²) in [4.78, 5) is 4.29. The SMILES string of the molecule is CC/C=C/c1ccnc(C(C)C)c1N. The van der Waals surface area contributed by atoms with E-state index in [1.807, 2.05) is 12.3 Å². The first kappa shape index (κ1) is 10.8. The van der Waals surface area contributed by atoms with Crippen molar-refractivity contribution >= 4 is 11.8 Å². The highest BCUT2D eigenvalue weighted by molar-refractivity contribution is 5.66. The summed E-state index contributed by atoms with van der Waals surface area (Å²) in [5, 5.41) is 0. The standard InChI is InChI=1S/C12H18N2/c1-4-5-6-10-7-8-14-12(9(2)3)11(10)13/h5-9H,4,13H2,1-3H3/b6-5+. The van der Waals surface area contributed by atoms with Crippen LogP contribution in [0.5, 0.6) is 0 Å². The van der Waals surface area contributed by atoms with Gasteiger partial charge in [-0.05, 0) is 18.4 Å². The fourth-order valence-electron chi connectivity index (χ4n) is 1.36. The Hall–Kier alpha value is -1.31. The Morgan fingerprint density at radius 3 is 2.79 bits per heavy atom. The molecule has 14 heavy (non-hydrogen) atoms. The van der Waals surface area contributed by atoms with Crippen molar-refractivity contribution in [3.8, 4) is 0 Å². The van der Waals surface area contributed by atoms with Crippen LogP contribution >= 0.6 is 0 Å². The lowest BCUT2D eigenvalue weighted by atomic mass is 10.0. The van der Waals surface area contributed by atoms with Gasteiger partial charge in [-0.2, -0.15) is 0 Å². The summed E-state index contributed by atoms with van der Waals surface area (Å²) in [6.45, 7) is 6.31. The zero-order valence-corrected chi connectivity index (χ0v) is 9.12. The molecule has 0 unspecified atom stereocenters. The third-order valence-electron chi connectivity index (χ3n) is 2.13. The van der Waals surface area contributed by atoms with Crippen LogP contribution in [0.3, 0.4) is 0 Å². The Morgan fingerprint density at radius 1 is 1.50 bits per heavy atom. The number of allylic oxidation sites excluding steroid dienone is 1. The molecule has 0 spiro atoms. The number of hydrogen-bond acceptors (Lipinski definition) is 2. The van der Waals surface area contributed by atoms with Crippen LogP contribution in [0.2, 0.25) is 0 Å². The Labute approximate surface area is 85.9 Å². The summed E-state index contributed by atoms with van der Waals surface area (Å²) in [6.07, 6.45) is 7.01. The molecule has 1 aromatic rings. The van der Waals surface area contributed by atoms with Crippen LogP contribution < -0.4 is 5.73 Å². The van der Waals surface area contributed by atoms with E-state index < -0.39 is 0 Å². The van der Waals surface area contributed by atoms with Crippen LogP contribution in [0, 0.1) is 0 Å². The molecule has 0 aliphatic carbocycles. The van der Waals surface area contributed by atoms with Gasteiger partial charge in [-0.3, -0.25) is 4.98 Å². The molecule has 76 valence electrons. The molecule has 1 rings (SSSR count). The molecule has 1 aromatic heterocycles. The third kappa shape index (κ3) is 2.34. The molecule has 1 heterocycles. The van der Waals surface area contributed by atoms with Gasteiger partial charge in [0.15, 0.2) is 0 Å². The maximum Gasteiger partial charge on any atom is 0.0664 e. The van der Waals surface area contributed by atoms with Crippen molar-refractivity contribution in [2.24, 2.45) is 0 Å². The van der Waals surface area contributed by atoms with Gasteiger partial charge in [0.2, 0.25) is 0 Å². The molecule has 0 aliphatic heterocycles. The number of pyridine rings is 1. The fraction of sp³-hybridized carbons (Fsp3) is 0.417. The third-order valence-corrected chi connectivity index (χ3v) is 2.13. The van der Waals surface area contributed by atoms with E-state index in [-0.39, 0.29) is 0 Å². The number of nitrogens with zero attached hydrogens (tertiary/aromatic N) is 1. The molecule has 0 radical (unpaired) electrons. The van der Waals surface area contributed by atoms with Gasteiger partial charge in [-0.25, -0.2) is 0 Å². The molecule has 0 aliphatic rings. The highest BCUT2D eigenvalue weighted by Gasteiger charge is 2.07. The van der Waals surface area contributed by atoms with Crippen LogP contribution in [0.25, 0.3) is 6.08 Å². The lowest BCUT2D eigenvalue weighted by molar-refractivity contribution is 0.826. The van der Waals surface area contributed by atoms with Crippen LogP contribution in [0.15, 0.2) is 18.3 Å². The van der Waals surface area contributed by atoms with Gasteiger partial charge >= 0.3 is 0 Å². The molecule has 0 atom stereocenters. The number of anilines is 1. The molecule has 0 amide bonds. The predicted octanol–water partition coefficient (Wildman–Crippen LogP) is 3.21. The minimum absolute atomic E-state index is 0.380. The molecule has 0 aromatic carbocycles. The Balaban J connectivity index is 3.07. The van der Waals surface area contributed by atoms with Gasteiger partial charge in [0.05, 0.1) is 11.4 Å². The first-order chi connectivity index (χ1) is 6.66. The quantitative estimate of drug-likeness (QED) is 0.794. The van der Waals surface area contributed by atoms with E-state index in [0.717, 1.165) is 23.4 Å². The van der Waals surface area contributed by atoms with Crippen molar-refractivity contribution in [2.75, 3.05) is 5.73 Å². The number of nitrogen functional groups attached to an aromatic ring is 1. The van der Waals surface area contributed by atoms with E-state index in [4.69, 9.17) is 5.73 Å². The summed E-state index contributed by atoms with van der Waals surface area (Å²) in [7, 11) is 0. The van der Waals surface area contributed by atoms with Crippen molar-refractivity contribution in [1.29, 1.82) is 0 Å². The average Bonchev–Trinajstić information content (AvgIpc) is 2.16. The zero-order valence-electron chi connectivity index (χ0n) is 9.12. The van der Waals surface area contributed by atoms with Crippen LogP contribution in [-0.2, 0) is 0 Å². The van der Waals surface area contributed by atoms with E-state index in [1.54, 1.807) is 0 Å². The first-order valence-corrected chi connectivity index (χ1v) is 5.07. The highest BCUT2D eigenvalue weighted by Crippen LogP contribution is 2.23. The summed E-state index contributed by atoms with van der Waals surface area (Å²) in [5.41, 5.74) is 8.89. The number of nitrogens with two attached hydrogens (primary N) is 1. The zero-order chi connectivity index (χ0) is 10.6. The molecule has 2 N–H and O–H groups in total. The smallest absolute Gasteiger partial charge is 0.0664 e. The Morgan fingerprint density at radius 2 is 2.21 bits per heavy atom. The normalized spacial score (nSPS) is 11.4. The lowest BCUT2D eigenvalue weighted by Crippen LogP contribution is -2.01. The van der Waals surface area contributed by atoms with Crippen LogP contribution in [0.1, 0.15) is 44.4 Å². The molecule has 2 nitrogen and oxygen atoms in total. The number of rotatable bonds is 3. The Kier molecular flexibility index (Phi) is 3.69. The van der Waals surface area contributed by atoms with Gasteiger partial charge in [0, 0.05) is 11.8 Å². The van der Waals surface area contributed by atoms with Crippen molar-refractivity contribution in [3.63, 3.8) is 0 Å². The minimum atomic E-state index is 0.380. The molecule has 2 heteroatoms. The van der Waals surface area contributed by atoms with Gasteiger partial charge in [0.25, 0.3) is 0 Å². The minimum Gasteiger partial charge on any atom is -0.397 e. The average molecular weight is 190 g/mol. The second kappa shape index (κ2) is 4.80. The van der Waals surface area contributed by atoms with E-state index in [0.29, 0.717) is 5.92 Å². The summed E-state index contributed by atoms with van der Waals surface area (Å²) >= 11 is 0. The van der Waals surface area contributed by atoms with Gasteiger partial charge in [-0.1, -0.05) is 32.9 Å². The van der Waals surface area contributed by atoms with Crippen LogP contribution in [-0.4, -0.2) is 4.98 Å². The number of aromatic nitrogens is 1. The molecule has 0 saturated heterocycles. The van der Waals surface area contributed by atoms with Gasteiger partial charge in [-0.15, -0.1) is 0 Å².